The lowest BCUT2D eigenvalue weighted by molar-refractivity contribution is -0.135. The zero-order valence-electron chi connectivity index (χ0n) is 18.9. The second-order valence-electron chi connectivity index (χ2n) is 8.59. The van der Waals surface area contributed by atoms with Crippen LogP contribution in [-0.4, -0.2) is 33.7 Å². The third-order valence-corrected chi connectivity index (χ3v) is 7.15. The number of thiophene rings is 1. The van der Waals surface area contributed by atoms with Gasteiger partial charge >= 0.3 is 0 Å². The molecule has 1 saturated heterocycles. The average molecular weight is 473 g/mol. The molecule has 4 aromatic rings. The van der Waals surface area contributed by atoms with Crippen LogP contribution in [0.25, 0.3) is 10.9 Å². The number of nitrogens with one attached hydrogen (secondary N) is 1. The molecule has 0 radical (unpaired) electrons. The molecule has 1 N–H and O–H groups in total. The zero-order valence-corrected chi connectivity index (χ0v) is 19.7. The molecular formula is C26H24N4O3S. The molecule has 0 saturated carbocycles. The first-order valence-electron chi connectivity index (χ1n) is 11.1. The van der Waals surface area contributed by atoms with Crippen molar-refractivity contribution in [2.45, 2.75) is 25.9 Å². The maximum atomic E-state index is 13.6. The van der Waals surface area contributed by atoms with Crippen LogP contribution in [0.1, 0.15) is 28.7 Å². The number of benzene rings is 2. The van der Waals surface area contributed by atoms with Crippen LogP contribution in [0.5, 0.6) is 0 Å². The number of aromatic amines is 1. The van der Waals surface area contributed by atoms with Gasteiger partial charge in [-0.05, 0) is 42.6 Å². The smallest absolute Gasteiger partial charge is 0.258 e. The largest absolute Gasteiger partial charge is 0.338 e. The summed E-state index contributed by atoms with van der Waals surface area (Å²) in [5.41, 5.74) is 2.24. The van der Waals surface area contributed by atoms with Crippen molar-refractivity contribution in [1.82, 2.24) is 14.9 Å². The Labute approximate surface area is 200 Å². The van der Waals surface area contributed by atoms with Gasteiger partial charge in [-0.1, -0.05) is 35.9 Å². The molecular weight excluding hydrogens is 448 g/mol. The van der Waals surface area contributed by atoms with E-state index in [4.69, 9.17) is 0 Å². The summed E-state index contributed by atoms with van der Waals surface area (Å²) in [4.78, 5) is 50.8. The first-order valence-corrected chi connectivity index (χ1v) is 12.0. The first kappa shape index (κ1) is 22.0. The Hall–Kier alpha value is -3.78. The molecule has 0 spiro atoms. The van der Waals surface area contributed by atoms with Gasteiger partial charge in [0.15, 0.2) is 0 Å². The van der Waals surface area contributed by atoms with Crippen LogP contribution in [0.15, 0.2) is 70.8 Å². The van der Waals surface area contributed by atoms with Gasteiger partial charge < -0.3 is 14.8 Å². The van der Waals surface area contributed by atoms with E-state index in [1.165, 1.54) is 11.3 Å². The normalized spacial score (nSPS) is 17.9. The third kappa shape index (κ3) is 4.01. The SMILES string of the molecule is Cc1ccc(N2C(=O)C[C@@H](C(=O)N(C)Cc3nc4ccccc4c(=O)[nH]3)[C@@H]2c2cccs2)cc1. The molecule has 1 aliphatic rings. The quantitative estimate of drug-likeness (QED) is 0.475. The second kappa shape index (κ2) is 8.87. The van der Waals surface area contributed by atoms with Crippen molar-refractivity contribution in [2.75, 3.05) is 11.9 Å². The van der Waals surface area contributed by atoms with Gasteiger partial charge in [0.05, 0.1) is 29.4 Å². The van der Waals surface area contributed by atoms with E-state index in [0.29, 0.717) is 16.7 Å². The highest BCUT2D eigenvalue weighted by Crippen LogP contribution is 2.43. The molecule has 7 nitrogen and oxygen atoms in total. The van der Waals surface area contributed by atoms with Crippen molar-refractivity contribution in [3.63, 3.8) is 0 Å². The number of hydrogen-bond donors (Lipinski definition) is 1. The van der Waals surface area contributed by atoms with E-state index in [2.05, 4.69) is 9.97 Å². The van der Waals surface area contributed by atoms with E-state index in [0.717, 1.165) is 16.1 Å². The van der Waals surface area contributed by atoms with E-state index >= 15 is 0 Å². The predicted molar refractivity (Wildman–Crippen MR) is 133 cm³/mol. The molecule has 8 heteroatoms. The molecule has 2 atom stereocenters. The van der Waals surface area contributed by atoms with Crippen LogP contribution in [-0.2, 0) is 16.1 Å². The minimum atomic E-state index is -0.537. The molecule has 2 aromatic heterocycles. The minimum Gasteiger partial charge on any atom is -0.338 e. The molecule has 1 fully saturated rings. The Kier molecular flexibility index (Phi) is 5.75. The first-order chi connectivity index (χ1) is 16.4. The summed E-state index contributed by atoms with van der Waals surface area (Å²) in [7, 11) is 1.68. The van der Waals surface area contributed by atoms with Gasteiger partial charge in [0, 0.05) is 24.0 Å². The highest BCUT2D eigenvalue weighted by atomic mass is 32.1. The van der Waals surface area contributed by atoms with Crippen LogP contribution in [0.4, 0.5) is 5.69 Å². The number of amides is 2. The van der Waals surface area contributed by atoms with Gasteiger partial charge in [-0.3, -0.25) is 14.4 Å². The van der Waals surface area contributed by atoms with Gasteiger partial charge in [-0.2, -0.15) is 0 Å². The van der Waals surface area contributed by atoms with Crippen molar-refractivity contribution in [1.29, 1.82) is 0 Å². The molecule has 0 unspecified atom stereocenters. The number of fused-ring (bicyclic) bond motifs is 1. The molecule has 3 heterocycles. The Bertz CT molecular complexity index is 1410. The number of H-pyrrole nitrogens is 1. The monoisotopic (exact) mass is 472 g/mol. The van der Waals surface area contributed by atoms with Crippen molar-refractivity contribution in [2.24, 2.45) is 5.92 Å². The lowest BCUT2D eigenvalue weighted by Gasteiger charge is -2.29. The number of para-hydroxylation sites is 1. The highest BCUT2D eigenvalue weighted by molar-refractivity contribution is 7.10. The Morgan fingerprint density at radius 1 is 1.12 bits per heavy atom. The van der Waals surface area contributed by atoms with E-state index in [1.807, 2.05) is 54.8 Å². The molecule has 1 aliphatic heterocycles. The van der Waals surface area contributed by atoms with Crippen LogP contribution in [0, 0.1) is 12.8 Å². The number of carbonyl (C=O) groups excluding carboxylic acids is 2. The van der Waals surface area contributed by atoms with Crippen molar-refractivity contribution in [3.05, 3.63) is 92.7 Å². The number of hydrogen-bond acceptors (Lipinski definition) is 5. The number of aryl methyl sites for hydroxylation is 1. The Morgan fingerprint density at radius 2 is 1.88 bits per heavy atom. The molecule has 172 valence electrons. The molecule has 0 aliphatic carbocycles. The summed E-state index contributed by atoms with van der Waals surface area (Å²) in [5.74, 6) is -0.361. The van der Waals surface area contributed by atoms with Gasteiger partial charge in [0.1, 0.15) is 5.82 Å². The average Bonchev–Trinajstić information content (AvgIpc) is 3.47. The fourth-order valence-electron chi connectivity index (χ4n) is 4.55. The Morgan fingerprint density at radius 3 is 2.62 bits per heavy atom. The summed E-state index contributed by atoms with van der Waals surface area (Å²) in [6, 6.07) is 18.4. The topological polar surface area (TPSA) is 86.4 Å². The zero-order chi connectivity index (χ0) is 23.8. The number of rotatable bonds is 5. The van der Waals surface area contributed by atoms with E-state index in [9.17, 15) is 14.4 Å². The highest BCUT2D eigenvalue weighted by Gasteiger charge is 2.46. The minimum absolute atomic E-state index is 0.0776. The summed E-state index contributed by atoms with van der Waals surface area (Å²) < 4.78 is 0. The lowest BCUT2D eigenvalue weighted by atomic mass is 9.97. The van der Waals surface area contributed by atoms with Crippen molar-refractivity contribution >= 4 is 39.7 Å². The lowest BCUT2D eigenvalue weighted by Crippen LogP contribution is -2.37. The molecule has 34 heavy (non-hydrogen) atoms. The Balaban J connectivity index is 1.44. The van der Waals surface area contributed by atoms with Crippen molar-refractivity contribution < 1.29 is 9.59 Å². The van der Waals surface area contributed by atoms with Gasteiger partial charge in [0.2, 0.25) is 11.8 Å². The van der Waals surface area contributed by atoms with Gasteiger partial charge in [-0.15, -0.1) is 11.3 Å². The van der Waals surface area contributed by atoms with Crippen LogP contribution < -0.4 is 10.5 Å². The number of carbonyl (C=O) groups is 2. The standard InChI is InChI=1S/C26H24N4O3S/c1-16-9-11-17(12-10-16)30-23(31)14-19(24(30)21-8-5-13-34-21)26(33)29(2)15-22-27-20-7-4-3-6-18(20)25(32)28-22/h3-13,19,24H,14-15H2,1-2H3,(H,27,28,32)/t19-,24-/m1/s1. The van der Waals surface area contributed by atoms with Gasteiger partial charge in [-0.25, -0.2) is 4.98 Å². The maximum absolute atomic E-state index is 13.6. The number of nitrogens with zero attached hydrogens (tertiary/aromatic N) is 3. The molecule has 2 aromatic carbocycles. The number of aromatic nitrogens is 2. The summed E-state index contributed by atoms with van der Waals surface area (Å²) in [6.45, 7) is 2.14. The van der Waals surface area contributed by atoms with E-state index in [-0.39, 0.29) is 36.4 Å². The maximum Gasteiger partial charge on any atom is 0.258 e. The van der Waals surface area contributed by atoms with Crippen molar-refractivity contribution in [3.8, 4) is 0 Å². The molecule has 5 rings (SSSR count). The molecule has 2 amide bonds. The van der Waals surface area contributed by atoms with Gasteiger partial charge in [0.25, 0.3) is 5.56 Å². The van der Waals surface area contributed by atoms with E-state index in [1.54, 1.807) is 35.0 Å². The third-order valence-electron chi connectivity index (χ3n) is 6.21. The fourth-order valence-corrected chi connectivity index (χ4v) is 5.43. The molecule has 0 bridgehead atoms. The summed E-state index contributed by atoms with van der Waals surface area (Å²) in [5, 5.41) is 2.47. The summed E-state index contributed by atoms with van der Waals surface area (Å²) in [6.07, 6.45) is 0.126. The van der Waals surface area contributed by atoms with Crippen LogP contribution in [0.3, 0.4) is 0 Å². The summed E-state index contributed by atoms with van der Waals surface area (Å²) >= 11 is 1.54. The second-order valence-corrected chi connectivity index (χ2v) is 9.57. The number of anilines is 1. The fraction of sp³-hybridized carbons (Fsp3) is 0.231. The van der Waals surface area contributed by atoms with E-state index < -0.39 is 5.92 Å². The van der Waals surface area contributed by atoms with Crippen LogP contribution in [0.2, 0.25) is 0 Å². The van der Waals surface area contributed by atoms with Crippen LogP contribution >= 0.6 is 11.3 Å². The predicted octanol–water partition coefficient (Wildman–Crippen LogP) is 4.05.